The highest BCUT2D eigenvalue weighted by molar-refractivity contribution is 6.33. The number of halogens is 4. The van der Waals surface area contributed by atoms with Crippen LogP contribution < -0.4 is 20.9 Å². The van der Waals surface area contributed by atoms with Gasteiger partial charge in [-0.3, -0.25) is 0 Å². The van der Waals surface area contributed by atoms with Gasteiger partial charge in [-0.05, 0) is 67.1 Å². The third-order valence-electron chi connectivity index (χ3n) is 15.8. The van der Waals surface area contributed by atoms with E-state index in [2.05, 4.69) is 103 Å². The molecule has 3 aromatic heterocycles. The number of nitriles is 12. The van der Waals surface area contributed by atoms with Crippen LogP contribution in [0.25, 0.3) is 133 Å². The van der Waals surface area contributed by atoms with Crippen LogP contribution in [0.1, 0.15) is 45.3 Å². The van der Waals surface area contributed by atoms with E-state index in [-0.39, 0.29) is 126 Å². The molecule has 6 heterocycles. The highest BCUT2D eigenvalue weighted by Gasteiger charge is 2.39. The molecule has 0 amide bonds. The van der Waals surface area contributed by atoms with E-state index in [9.17, 15) is 49.1 Å². The predicted molar refractivity (Wildman–Crippen MR) is 389 cm³/mol. The summed E-state index contributed by atoms with van der Waals surface area (Å²) in [6.45, 7) is 63.1. The maximum atomic E-state index is 13.6. The van der Waals surface area contributed by atoms with Gasteiger partial charge in [0, 0.05) is 11.1 Å². The summed E-state index contributed by atoms with van der Waals surface area (Å²) in [5.41, 5.74) is 5.48. The summed E-state index contributed by atoms with van der Waals surface area (Å²) in [4.78, 5) is 75.7. The Bertz CT molecular complexity index is 6940. The van der Waals surface area contributed by atoms with E-state index in [4.69, 9.17) is 90.7 Å². The number of hydrogen-bond acceptors (Lipinski definition) is 25. The van der Waals surface area contributed by atoms with Crippen LogP contribution in [0.4, 0.5) is 29.3 Å². The van der Waals surface area contributed by atoms with Crippen molar-refractivity contribution in [3.8, 4) is 95.1 Å². The first-order valence-corrected chi connectivity index (χ1v) is 30.4. The highest BCUT2D eigenvalue weighted by Crippen LogP contribution is 2.53. The molecule has 0 radical (unpaired) electrons. The molecule has 0 saturated heterocycles. The lowest BCUT2D eigenvalue weighted by Crippen LogP contribution is -2.47. The third kappa shape index (κ3) is 13.8. The van der Waals surface area contributed by atoms with Gasteiger partial charge in [0.15, 0.2) is 35.0 Å². The Kier molecular flexibility index (Phi) is 21.9. The molecule has 115 heavy (non-hydrogen) atoms. The molecular weight excluding hydrogens is 1480 g/mol. The standard InChI is InChI=1S/C26H10N4.C18N12.C12F4N4.C12H4N4.C9N10/c1-29-23(13-27)25-17-9-5-3-7-15(17)19-12-22-20(11-21(19)25)16-8-4-6-10-18(16)26(22)24(14-28)30-2;1-23-17-13-15(28-10(6-22)29-17)11-7(3-19)25-9(5-21)27-14(11)12-8(4-20)26-18(24-2)30-16(12)13;1-19-5(3-17)7-9(13)11(15)8(6(4-18)20-2)12(16)10(7)14;1-15-11(7-13)9-3-5-10(6-4-9)12(8-14)16-2;1-12-6-17-8-15-4(2-10)13-7-14-5(3-11)16-9(18-6)19(7)8/h3-12H;;;3-6H;/b25-23-,26-24+;;;;. The number of fused-ring (bicyclic) bond motifs is 12. The minimum absolute atomic E-state index is 0.00660. The average Bonchev–Trinajstić information content (AvgIpc) is 1.06. The Labute approximate surface area is 640 Å². The Hall–Kier alpha value is -20.9. The van der Waals surface area contributed by atoms with Crippen molar-refractivity contribution in [2.75, 3.05) is 0 Å². The largest absolute Gasteiger partial charge is 0.394 e. The lowest BCUT2D eigenvalue weighted by molar-refractivity contribution is 0.434. The smallest absolute Gasteiger partial charge is 0.378 e. The van der Waals surface area contributed by atoms with Crippen molar-refractivity contribution in [1.82, 2.24) is 34.8 Å². The molecule has 0 saturated carbocycles. The van der Waals surface area contributed by atoms with Gasteiger partial charge in [0.05, 0.1) is 113 Å². The van der Waals surface area contributed by atoms with E-state index in [0.717, 1.165) is 56.6 Å². The molecule has 6 aromatic carbocycles. The van der Waals surface area contributed by atoms with Crippen molar-refractivity contribution < 1.29 is 17.6 Å². The zero-order valence-corrected chi connectivity index (χ0v) is 56.3. The van der Waals surface area contributed by atoms with Gasteiger partial charge in [0.2, 0.25) is 29.1 Å². The molecule has 3 aliphatic heterocycles. The van der Waals surface area contributed by atoms with Crippen molar-refractivity contribution in [1.29, 1.82) is 63.1 Å². The normalized spacial score (nSPS) is 12.3. The summed E-state index contributed by atoms with van der Waals surface area (Å²) in [5, 5.41) is 107. The number of benzene rings is 6. The molecule has 5 aliphatic rings. The third-order valence-corrected chi connectivity index (χ3v) is 15.8. The molecule has 0 unspecified atom stereocenters. The number of nitrogens with zero attached hydrogens (tertiary/aromatic N) is 34. The van der Waals surface area contributed by atoms with Crippen molar-refractivity contribution in [3.63, 3.8) is 0 Å². The molecule has 14 rings (SSSR count). The fraction of sp³-hybridized carbons (Fsp3) is 0. The number of aliphatic imine (C=N–C) groups is 6. The van der Waals surface area contributed by atoms with Crippen LogP contribution >= 0.6 is 0 Å². The number of amidine groups is 2. The van der Waals surface area contributed by atoms with Crippen LogP contribution in [-0.2, 0) is 0 Å². The van der Waals surface area contributed by atoms with Crippen molar-refractivity contribution in [2.24, 2.45) is 30.0 Å². The first-order chi connectivity index (χ1) is 55.8. The first-order valence-electron chi connectivity index (χ1n) is 30.4. The van der Waals surface area contributed by atoms with Gasteiger partial charge in [0.25, 0.3) is 40.0 Å². The zero-order valence-electron chi connectivity index (χ0n) is 56.3. The zero-order chi connectivity index (χ0) is 83.1. The Morgan fingerprint density at radius 1 is 0.330 bits per heavy atom. The maximum absolute atomic E-state index is 13.6. The number of aromatic nitrogens is 6. The number of allylic oxidation sites excluding steroid dienone is 2. The number of hydrogen-bond donors (Lipinski definition) is 0. The minimum Gasteiger partial charge on any atom is -0.394 e. The summed E-state index contributed by atoms with van der Waals surface area (Å²) >= 11 is 0. The van der Waals surface area contributed by atoms with Crippen LogP contribution in [0.15, 0.2) is 126 Å². The molecule has 520 valence electrons. The van der Waals surface area contributed by atoms with Gasteiger partial charge in [-0.1, -0.05) is 84.4 Å². The first kappa shape index (κ1) is 76.8. The van der Waals surface area contributed by atoms with Crippen molar-refractivity contribution in [3.05, 3.63) is 289 Å². The molecule has 0 atom stereocenters. The molecule has 38 heteroatoms. The van der Waals surface area contributed by atoms with E-state index in [0.29, 0.717) is 21.6 Å². The molecule has 0 fully saturated rings. The molecule has 0 spiro atoms. The molecule has 0 bridgehead atoms. The van der Waals surface area contributed by atoms with E-state index >= 15 is 0 Å². The Morgan fingerprint density at radius 2 is 0.704 bits per heavy atom. The second kappa shape index (κ2) is 32.8. The van der Waals surface area contributed by atoms with Gasteiger partial charge in [0.1, 0.15) is 35.9 Å². The SMILES string of the molecule is [C-]#[N+]/C(C#N)=C1/c2ccccc2-c2cc3c(cc21)-c1ccccc1/C3=C(/C#N)[N+]#[C-].[C-]#[N+]C(C#N)=c1c(F)c(F)c(=C(C#N)[N+]#[C-])c(F)c1F.[C-]#[N+]C(C#N)=c1ccc(=C(C#N)[N+]#[C-])cc1.[C-]#[N+]C1=NC2=NC(C#N)=NC3=NC(C#N)=NC(=N1)N32.[C-]#[N+]c1nc(C#N)c2c3nc(C#N)nc(C#N)c3c3nc(C#N)nc([N+]#[C-])c3c2n1. The molecule has 0 N–H and O–H groups in total. The topological polar surface area (TPSA) is 479 Å². The summed E-state index contributed by atoms with van der Waals surface area (Å²) < 4.78 is 54.6. The van der Waals surface area contributed by atoms with Crippen molar-refractivity contribution in [2.45, 2.75) is 0 Å². The van der Waals surface area contributed by atoms with E-state index in [1.54, 1.807) is 60.7 Å². The average molecular weight is 1490 g/mol. The van der Waals surface area contributed by atoms with Crippen LogP contribution in [-0.4, -0.2) is 70.3 Å². The van der Waals surface area contributed by atoms with Gasteiger partial charge < -0.3 is 14.5 Å². The molecule has 9 aromatic rings. The van der Waals surface area contributed by atoms with Crippen LogP contribution in [0.5, 0.6) is 0 Å². The summed E-state index contributed by atoms with van der Waals surface area (Å²) in [7, 11) is 0. The Balaban J connectivity index is 0.000000155. The predicted octanol–water partition coefficient (Wildman–Crippen LogP) is 9.81. The highest BCUT2D eigenvalue weighted by atomic mass is 19.2. The van der Waals surface area contributed by atoms with Crippen LogP contribution in [0.2, 0.25) is 0 Å². The fourth-order valence-corrected chi connectivity index (χ4v) is 11.2. The molecule has 34 nitrogen and oxygen atoms in total. The lowest BCUT2D eigenvalue weighted by Gasteiger charge is -2.24. The van der Waals surface area contributed by atoms with Gasteiger partial charge in [-0.15, -0.1) is 33.1 Å². The summed E-state index contributed by atoms with van der Waals surface area (Å²) in [5.74, 6) is -9.81. The van der Waals surface area contributed by atoms with Gasteiger partial charge in [-0.2, -0.15) is 61.4 Å². The lowest BCUT2D eigenvalue weighted by atomic mass is 9.95. The number of rotatable bonds is 0. The van der Waals surface area contributed by atoms with E-state index < -0.39 is 45.1 Å². The maximum Gasteiger partial charge on any atom is 0.378 e. The fourth-order valence-electron chi connectivity index (χ4n) is 11.2. The number of guanidine groups is 4. The Morgan fingerprint density at radius 3 is 1.07 bits per heavy atom. The molecule has 2 aliphatic carbocycles. The monoisotopic (exact) mass is 1490 g/mol. The summed E-state index contributed by atoms with van der Waals surface area (Å²) in [6.07, 6.45) is 0. The van der Waals surface area contributed by atoms with Crippen molar-refractivity contribution >= 4 is 114 Å². The van der Waals surface area contributed by atoms with E-state index in [1.807, 2.05) is 84.9 Å². The van der Waals surface area contributed by atoms with Gasteiger partial charge >= 0.3 is 29.7 Å². The minimum atomic E-state index is -2.01. The molecular formula is C77H14F4N34. The second-order valence-electron chi connectivity index (χ2n) is 21.5. The quantitative estimate of drug-likeness (QED) is 0.0448. The van der Waals surface area contributed by atoms with Crippen LogP contribution in [0.3, 0.4) is 0 Å². The second-order valence-corrected chi connectivity index (χ2v) is 21.5. The van der Waals surface area contributed by atoms with Crippen LogP contribution in [0, 0.1) is 218 Å². The van der Waals surface area contributed by atoms with E-state index in [1.165, 1.54) is 4.90 Å². The van der Waals surface area contributed by atoms with Gasteiger partial charge in [-0.25, -0.2) is 88.2 Å². The summed E-state index contributed by atoms with van der Waals surface area (Å²) in [6, 6.07) is 46.1.